The van der Waals surface area contributed by atoms with Crippen molar-refractivity contribution in [2.24, 2.45) is 0 Å². The Morgan fingerprint density at radius 3 is 2.72 bits per heavy atom. The topological polar surface area (TPSA) is 123 Å². The van der Waals surface area contributed by atoms with E-state index < -0.39 is 0 Å². The molecule has 29 heavy (non-hydrogen) atoms. The number of nitrogens with zero attached hydrogens (tertiary/aromatic N) is 9. The van der Waals surface area contributed by atoms with Gasteiger partial charge in [0.2, 0.25) is 5.82 Å². The monoisotopic (exact) mass is 390 g/mol. The van der Waals surface area contributed by atoms with Crippen LogP contribution in [0.4, 0.5) is 0 Å². The number of fused-ring (bicyclic) bond motifs is 1. The van der Waals surface area contributed by atoms with Crippen LogP contribution in [-0.4, -0.2) is 62.1 Å². The molecule has 4 heterocycles. The van der Waals surface area contributed by atoms with E-state index in [9.17, 15) is 4.79 Å². The van der Waals surface area contributed by atoms with Crippen LogP contribution in [0.25, 0.3) is 5.95 Å². The van der Waals surface area contributed by atoms with E-state index in [4.69, 9.17) is 0 Å². The number of aromatic amines is 1. The van der Waals surface area contributed by atoms with Gasteiger partial charge < -0.3 is 4.90 Å². The second-order valence-electron chi connectivity index (χ2n) is 6.80. The predicted molar refractivity (Wildman–Crippen MR) is 100.0 cm³/mol. The average Bonchev–Trinajstić information content (AvgIpc) is 3.48. The lowest BCUT2D eigenvalue weighted by Gasteiger charge is -2.34. The molecule has 3 aromatic heterocycles. The molecule has 1 atom stereocenters. The highest BCUT2D eigenvalue weighted by molar-refractivity contribution is 5.91. The third kappa shape index (κ3) is 3.16. The molecule has 1 aliphatic heterocycles. The molecule has 0 unspecified atom stereocenters. The molecule has 11 heteroatoms. The zero-order valence-corrected chi connectivity index (χ0v) is 15.7. The molecular weight excluding hydrogens is 372 g/mol. The second-order valence-corrected chi connectivity index (χ2v) is 6.80. The third-order valence-corrected chi connectivity index (χ3v) is 4.89. The van der Waals surface area contributed by atoms with Crippen LogP contribution in [0, 0.1) is 6.92 Å². The summed E-state index contributed by atoms with van der Waals surface area (Å²) in [7, 11) is 0. The van der Waals surface area contributed by atoms with Crippen LogP contribution in [0.15, 0.2) is 43.0 Å². The maximum atomic E-state index is 13.3. The average molecular weight is 390 g/mol. The molecule has 0 saturated carbocycles. The molecule has 1 aliphatic rings. The SMILES string of the molecule is Cc1nc2n(n1)CCN(C(=O)c1nc(-n3cnnc3)n[nH]1)[C@H]2Cc1ccccc1. The fourth-order valence-electron chi connectivity index (χ4n) is 3.57. The number of aryl methyl sites for hydroxylation is 1. The predicted octanol–water partition coefficient (Wildman–Crippen LogP) is 0.725. The van der Waals surface area contributed by atoms with Gasteiger partial charge in [-0.1, -0.05) is 30.3 Å². The Labute approximate surface area is 165 Å². The first kappa shape index (κ1) is 17.2. The molecule has 1 amide bonds. The summed E-state index contributed by atoms with van der Waals surface area (Å²) in [4.78, 5) is 24.0. The molecule has 0 radical (unpaired) electrons. The number of hydrogen-bond acceptors (Lipinski definition) is 7. The minimum atomic E-state index is -0.247. The summed E-state index contributed by atoms with van der Waals surface area (Å²) in [6.07, 6.45) is 3.58. The van der Waals surface area contributed by atoms with E-state index in [0.717, 1.165) is 11.4 Å². The van der Waals surface area contributed by atoms with Crippen LogP contribution in [-0.2, 0) is 13.0 Å². The van der Waals surface area contributed by atoms with Gasteiger partial charge in [-0.15, -0.1) is 15.3 Å². The Bertz CT molecular complexity index is 1130. The number of carbonyl (C=O) groups excluding carboxylic acids is 1. The second kappa shape index (κ2) is 6.93. The molecule has 11 nitrogen and oxygen atoms in total. The van der Waals surface area contributed by atoms with Crippen LogP contribution in [0.5, 0.6) is 0 Å². The van der Waals surface area contributed by atoms with E-state index in [1.165, 1.54) is 17.2 Å². The van der Waals surface area contributed by atoms with Gasteiger partial charge in [-0.25, -0.2) is 9.67 Å². The zero-order chi connectivity index (χ0) is 19.8. The van der Waals surface area contributed by atoms with E-state index in [1.807, 2.05) is 41.9 Å². The smallest absolute Gasteiger partial charge is 0.291 e. The van der Waals surface area contributed by atoms with Crippen LogP contribution < -0.4 is 0 Å². The fourth-order valence-corrected chi connectivity index (χ4v) is 3.57. The minimum Gasteiger partial charge on any atom is -0.323 e. The Hall–Kier alpha value is -3.89. The van der Waals surface area contributed by atoms with Crippen molar-refractivity contribution in [1.29, 1.82) is 0 Å². The number of nitrogens with one attached hydrogen (secondary N) is 1. The lowest BCUT2D eigenvalue weighted by Crippen LogP contribution is -2.44. The molecule has 4 aromatic rings. The number of benzene rings is 1. The minimum absolute atomic E-state index is 0.163. The Morgan fingerprint density at radius 2 is 1.93 bits per heavy atom. The van der Waals surface area contributed by atoms with Crippen molar-refractivity contribution in [3.63, 3.8) is 0 Å². The third-order valence-electron chi connectivity index (χ3n) is 4.89. The lowest BCUT2D eigenvalue weighted by atomic mass is 10.0. The van der Waals surface area contributed by atoms with Crippen LogP contribution in [0.1, 0.15) is 33.9 Å². The molecule has 1 N–H and O–H groups in total. The van der Waals surface area contributed by atoms with E-state index >= 15 is 0 Å². The summed E-state index contributed by atoms with van der Waals surface area (Å²) in [6.45, 7) is 2.95. The van der Waals surface area contributed by atoms with E-state index in [0.29, 0.717) is 31.3 Å². The molecule has 0 aliphatic carbocycles. The van der Waals surface area contributed by atoms with Crippen molar-refractivity contribution in [2.45, 2.75) is 25.9 Å². The van der Waals surface area contributed by atoms with Crippen LogP contribution in [0.2, 0.25) is 0 Å². The van der Waals surface area contributed by atoms with Gasteiger partial charge in [0.05, 0.1) is 12.6 Å². The molecule has 1 aromatic carbocycles. The quantitative estimate of drug-likeness (QED) is 0.545. The lowest BCUT2D eigenvalue weighted by molar-refractivity contribution is 0.0596. The zero-order valence-electron chi connectivity index (χ0n) is 15.7. The summed E-state index contributed by atoms with van der Waals surface area (Å²) in [6, 6.07) is 9.79. The number of H-pyrrole nitrogens is 1. The van der Waals surface area contributed by atoms with Gasteiger partial charge in [-0.2, -0.15) is 10.1 Å². The van der Waals surface area contributed by atoms with Crippen molar-refractivity contribution in [3.05, 3.63) is 66.0 Å². The highest BCUT2D eigenvalue weighted by Crippen LogP contribution is 2.28. The van der Waals surface area contributed by atoms with E-state index in [2.05, 4.69) is 35.5 Å². The van der Waals surface area contributed by atoms with Gasteiger partial charge >= 0.3 is 0 Å². The fraction of sp³-hybridized carbons (Fsp3) is 0.278. The molecule has 5 rings (SSSR count). The normalized spacial score (nSPS) is 16.0. The summed E-state index contributed by atoms with van der Waals surface area (Å²) < 4.78 is 3.42. The van der Waals surface area contributed by atoms with Crippen molar-refractivity contribution in [1.82, 2.24) is 49.6 Å². The number of carbonyl (C=O) groups is 1. The van der Waals surface area contributed by atoms with Gasteiger partial charge in [-0.05, 0) is 12.5 Å². The highest BCUT2D eigenvalue weighted by atomic mass is 16.2. The van der Waals surface area contributed by atoms with Gasteiger partial charge in [0, 0.05) is 13.0 Å². The van der Waals surface area contributed by atoms with Crippen molar-refractivity contribution < 1.29 is 4.79 Å². The molecule has 146 valence electrons. The van der Waals surface area contributed by atoms with Gasteiger partial charge in [0.1, 0.15) is 24.3 Å². The Balaban J connectivity index is 1.48. The number of hydrogen-bond donors (Lipinski definition) is 1. The molecule has 0 bridgehead atoms. The van der Waals surface area contributed by atoms with Crippen LogP contribution >= 0.6 is 0 Å². The first-order chi connectivity index (χ1) is 14.2. The Morgan fingerprint density at radius 1 is 1.14 bits per heavy atom. The maximum Gasteiger partial charge on any atom is 0.291 e. The summed E-state index contributed by atoms with van der Waals surface area (Å²) in [5, 5.41) is 18.8. The highest BCUT2D eigenvalue weighted by Gasteiger charge is 2.35. The van der Waals surface area contributed by atoms with Gasteiger partial charge in [-0.3, -0.25) is 14.5 Å². The first-order valence-electron chi connectivity index (χ1n) is 9.22. The molecule has 0 spiro atoms. The summed E-state index contributed by atoms with van der Waals surface area (Å²) in [5.41, 5.74) is 1.12. The Kier molecular flexibility index (Phi) is 4.12. The van der Waals surface area contributed by atoms with Gasteiger partial charge in [0.15, 0.2) is 0 Å². The largest absolute Gasteiger partial charge is 0.323 e. The number of aromatic nitrogens is 9. The van der Waals surface area contributed by atoms with Gasteiger partial charge in [0.25, 0.3) is 11.9 Å². The number of rotatable bonds is 4. The summed E-state index contributed by atoms with van der Waals surface area (Å²) >= 11 is 0. The van der Waals surface area contributed by atoms with Crippen LogP contribution in [0.3, 0.4) is 0 Å². The number of amides is 1. The van der Waals surface area contributed by atoms with Crippen molar-refractivity contribution in [2.75, 3.05) is 6.54 Å². The summed E-state index contributed by atoms with van der Waals surface area (Å²) in [5.74, 6) is 1.72. The van der Waals surface area contributed by atoms with Crippen molar-refractivity contribution in [3.8, 4) is 5.95 Å². The molecule has 0 fully saturated rings. The maximum absolute atomic E-state index is 13.3. The first-order valence-corrected chi connectivity index (χ1v) is 9.22. The molecule has 0 saturated heterocycles. The van der Waals surface area contributed by atoms with Crippen molar-refractivity contribution >= 4 is 5.91 Å². The van der Waals surface area contributed by atoms with E-state index in [-0.39, 0.29) is 17.8 Å². The standard InChI is InChI=1S/C18H18N10O/c1-12-21-16-14(9-13-5-3-2-4-6-13)27(7-8-28(16)25-12)17(29)15-22-18(24-23-15)26-10-19-20-11-26/h2-6,10-11,14H,7-9H2,1H3,(H,22,23,24)/t14-/m0/s1. The molecular formula is C18H18N10O. The van der Waals surface area contributed by atoms with E-state index in [1.54, 1.807) is 4.90 Å².